The fraction of sp³-hybridized carbons (Fsp3) is 0.450. The zero-order valence-corrected chi connectivity index (χ0v) is 15.6. The molecule has 7 nitrogen and oxygen atoms in total. The number of carbonyl (C=O) groups excluding carboxylic acids is 2. The molecule has 0 fully saturated rings. The van der Waals surface area contributed by atoms with Gasteiger partial charge in [0.05, 0.1) is 12.0 Å². The Hall–Kier alpha value is -2.83. The van der Waals surface area contributed by atoms with E-state index in [4.69, 9.17) is 9.15 Å². The van der Waals surface area contributed by atoms with Gasteiger partial charge < -0.3 is 24.4 Å². The monoisotopic (exact) mass is 372 g/mol. The van der Waals surface area contributed by atoms with Gasteiger partial charge in [-0.25, -0.2) is 4.79 Å². The number of aryl methyl sites for hydroxylation is 2. The topological polar surface area (TPSA) is 109 Å². The first kappa shape index (κ1) is 18.9. The summed E-state index contributed by atoms with van der Waals surface area (Å²) in [5.74, 6) is -1.80. The number of rotatable bonds is 6. The van der Waals surface area contributed by atoms with Crippen molar-refractivity contribution in [3.8, 4) is 5.75 Å². The van der Waals surface area contributed by atoms with Gasteiger partial charge >= 0.3 is 5.63 Å². The molecule has 7 heteroatoms. The number of hydrogen-bond donors (Lipinski definition) is 1. The first-order valence-corrected chi connectivity index (χ1v) is 9.00. The second-order valence-electron chi connectivity index (χ2n) is 7.16. The highest BCUT2D eigenvalue weighted by atomic mass is 16.5. The number of ether oxygens (including phenoxy) is 1. The van der Waals surface area contributed by atoms with Gasteiger partial charge in [-0.05, 0) is 49.8 Å². The molecule has 1 amide bonds. The molecule has 1 aliphatic rings. The summed E-state index contributed by atoms with van der Waals surface area (Å²) in [5.41, 5.74) is 2.56. The molecule has 1 aliphatic carbocycles. The number of aliphatic carboxylic acids is 1. The zero-order valence-electron chi connectivity index (χ0n) is 15.6. The number of carboxylic acids is 1. The van der Waals surface area contributed by atoms with Gasteiger partial charge in [0.25, 0.3) is 5.91 Å². The summed E-state index contributed by atoms with van der Waals surface area (Å²) < 4.78 is 11.0. The Labute approximate surface area is 156 Å². The predicted octanol–water partition coefficient (Wildman–Crippen LogP) is 0.860. The zero-order chi connectivity index (χ0) is 19.7. The van der Waals surface area contributed by atoms with Gasteiger partial charge in [0, 0.05) is 16.5 Å². The van der Waals surface area contributed by atoms with Crippen molar-refractivity contribution >= 4 is 22.8 Å². The van der Waals surface area contributed by atoms with Crippen molar-refractivity contribution in [2.75, 3.05) is 6.61 Å². The summed E-state index contributed by atoms with van der Waals surface area (Å²) in [6.07, 6.45) is 2.52. The van der Waals surface area contributed by atoms with Crippen LogP contribution in [0, 0.1) is 12.8 Å². The first-order valence-electron chi connectivity index (χ1n) is 9.00. The maximum atomic E-state index is 12.2. The van der Waals surface area contributed by atoms with Crippen molar-refractivity contribution in [3.05, 3.63) is 39.2 Å². The molecule has 0 aliphatic heterocycles. The van der Waals surface area contributed by atoms with Gasteiger partial charge in [-0.2, -0.15) is 0 Å². The second kappa shape index (κ2) is 7.42. The summed E-state index contributed by atoms with van der Waals surface area (Å²) >= 11 is 0. The summed E-state index contributed by atoms with van der Waals surface area (Å²) in [7, 11) is 0. The standard InChI is InChI=1S/C20H23NO6/c1-10(2)17(19(23)24)21-16(22)9-26-15-8-7-13-12-5-4-6-14(12)20(25)27-18(13)11(15)3/h7-8,10,17H,4-6,9H2,1-3H3,(H,21,22)(H,23,24)/p-1/t17-/m0/s1. The van der Waals surface area contributed by atoms with Crippen LogP contribution in [0.4, 0.5) is 0 Å². The number of fused-ring (bicyclic) bond motifs is 3. The number of nitrogens with one attached hydrogen (secondary N) is 1. The van der Waals surface area contributed by atoms with Crippen LogP contribution in [0.2, 0.25) is 0 Å². The molecule has 0 radical (unpaired) electrons. The number of hydrogen-bond acceptors (Lipinski definition) is 6. The fourth-order valence-electron chi connectivity index (χ4n) is 3.48. The summed E-state index contributed by atoms with van der Waals surface area (Å²) in [4.78, 5) is 35.3. The lowest BCUT2D eigenvalue weighted by Crippen LogP contribution is -2.51. The molecule has 144 valence electrons. The minimum absolute atomic E-state index is 0.308. The van der Waals surface area contributed by atoms with E-state index in [9.17, 15) is 19.5 Å². The van der Waals surface area contributed by atoms with Crippen LogP contribution in [0.3, 0.4) is 0 Å². The molecule has 0 saturated heterocycles. The molecule has 1 atom stereocenters. The van der Waals surface area contributed by atoms with Gasteiger partial charge in [0.2, 0.25) is 0 Å². The van der Waals surface area contributed by atoms with E-state index in [0.717, 1.165) is 35.8 Å². The molecule has 1 aromatic heterocycles. The molecule has 0 spiro atoms. The normalized spacial score (nSPS) is 14.2. The number of benzene rings is 1. The minimum atomic E-state index is -1.34. The maximum absolute atomic E-state index is 12.2. The van der Waals surface area contributed by atoms with Gasteiger partial charge in [-0.15, -0.1) is 0 Å². The molecule has 3 rings (SSSR count). The predicted molar refractivity (Wildman–Crippen MR) is 96.5 cm³/mol. The van der Waals surface area contributed by atoms with Gasteiger partial charge in [-0.1, -0.05) is 13.8 Å². The quantitative estimate of drug-likeness (QED) is 0.754. The van der Waals surface area contributed by atoms with Gasteiger partial charge in [-0.3, -0.25) is 4.79 Å². The Morgan fingerprint density at radius 3 is 2.63 bits per heavy atom. The highest BCUT2D eigenvalue weighted by molar-refractivity contribution is 5.87. The van der Waals surface area contributed by atoms with Crippen LogP contribution in [0.25, 0.3) is 11.0 Å². The molecule has 1 heterocycles. The number of carboxylic acid groups (broad SMARTS) is 1. The molecule has 1 aromatic carbocycles. The lowest BCUT2D eigenvalue weighted by atomic mass is 10.0. The third-order valence-electron chi connectivity index (χ3n) is 4.94. The summed E-state index contributed by atoms with van der Waals surface area (Å²) in [6, 6.07) is 2.49. The van der Waals surface area contributed by atoms with E-state index in [0.29, 0.717) is 16.9 Å². The average Bonchev–Trinajstić information content (AvgIpc) is 3.10. The SMILES string of the molecule is Cc1c(OCC(=O)N[C@H](C(=O)[O-])C(C)C)ccc2c3c(c(=O)oc12)CCC3. The number of carbonyl (C=O) groups is 2. The van der Waals surface area contributed by atoms with Crippen molar-refractivity contribution in [1.82, 2.24) is 5.32 Å². The van der Waals surface area contributed by atoms with E-state index in [1.807, 2.05) is 6.07 Å². The van der Waals surface area contributed by atoms with E-state index in [1.54, 1.807) is 26.8 Å². The van der Waals surface area contributed by atoms with Gasteiger partial charge in [0.1, 0.15) is 11.3 Å². The fourth-order valence-corrected chi connectivity index (χ4v) is 3.48. The van der Waals surface area contributed by atoms with E-state index in [1.165, 1.54) is 0 Å². The van der Waals surface area contributed by atoms with Crippen LogP contribution >= 0.6 is 0 Å². The Balaban J connectivity index is 1.79. The van der Waals surface area contributed by atoms with Crippen molar-refractivity contribution < 1.29 is 23.8 Å². The second-order valence-corrected chi connectivity index (χ2v) is 7.16. The first-order chi connectivity index (χ1) is 12.8. The van der Waals surface area contributed by atoms with Crippen LogP contribution in [-0.4, -0.2) is 24.5 Å². The van der Waals surface area contributed by atoms with Crippen molar-refractivity contribution in [2.45, 2.75) is 46.1 Å². The summed E-state index contributed by atoms with van der Waals surface area (Å²) in [5, 5.41) is 14.4. The Kier molecular flexibility index (Phi) is 5.21. The lowest BCUT2D eigenvalue weighted by Gasteiger charge is -2.23. The van der Waals surface area contributed by atoms with E-state index in [-0.39, 0.29) is 18.2 Å². The molecular formula is C20H22NO6-. The van der Waals surface area contributed by atoms with E-state index < -0.39 is 17.9 Å². The highest BCUT2D eigenvalue weighted by Gasteiger charge is 2.22. The van der Waals surface area contributed by atoms with Crippen LogP contribution in [-0.2, 0) is 22.4 Å². The lowest BCUT2D eigenvalue weighted by molar-refractivity contribution is -0.309. The molecular weight excluding hydrogens is 350 g/mol. The van der Waals surface area contributed by atoms with Crippen LogP contribution in [0.5, 0.6) is 5.75 Å². The Bertz CT molecular complexity index is 959. The molecule has 27 heavy (non-hydrogen) atoms. The largest absolute Gasteiger partial charge is 0.548 e. The smallest absolute Gasteiger partial charge is 0.339 e. The van der Waals surface area contributed by atoms with E-state index in [2.05, 4.69) is 5.32 Å². The number of amides is 1. The average molecular weight is 372 g/mol. The summed E-state index contributed by atoms with van der Waals surface area (Å²) in [6.45, 7) is 4.76. The van der Waals surface area contributed by atoms with Crippen LogP contribution < -0.4 is 20.8 Å². The molecule has 0 unspecified atom stereocenters. The Morgan fingerprint density at radius 2 is 1.96 bits per heavy atom. The molecule has 0 bridgehead atoms. The van der Waals surface area contributed by atoms with Crippen LogP contribution in [0.1, 0.15) is 37.0 Å². The van der Waals surface area contributed by atoms with Crippen molar-refractivity contribution in [2.24, 2.45) is 5.92 Å². The van der Waals surface area contributed by atoms with Crippen molar-refractivity contribution in [3.63, 3.8) is 0 Å². The molecule has 0 saturated carbocycles. The van der Waals surface area contributed by atoms with Gasteiger partial charge in [0.15, 0.2) is 6.61 Å². The highest BCUT2D eigenvalue weighted by Crippen LogP contribution is 2.32. The molecule has 1 N–H and O–H groups in total. The molecule has 2 aromatic rings. The third kappa shape index (κ3) is 3.67. The maximum Gasteiger partial charge on any atom is 0.339 e. The van der Waals surface area contributed by atoms with Crippen LogP contribution in [0.15, 0.2) is 21.3 Å². The Morgan fingerprint density at radius 1 is 1.26 bits per heavy atom. The minimum Gasteiger partial charge on any atom is -0.548 e. The van der Waals surface area contributed by atoms with Crippen molar-refractivity contribution in [1.29, 1.82) is 0 Å². The van der Waals surface area contributed by atoms with E-state index >= 15 is 0 Å². The third-order valence-corrected chi connectivity index (χ3v) is 4.94.